The van der Waals surface area contributed by atoms with Crippen LogP contribution in [0.5, 0.6) is 0 Å². The zero-order chi connectivity index (χ0) is 11.8. The Morgan fingerprint density at radius 1 is 1.40 bits per heavy atom. The molecule has 1 heterocycles. The van der Waals surface area contributed by atoms with E-state index in [1.807, 2.05) is 22.6 Å². The second kappa shape index (κ2) is 3.84. The minimum Gasteiger partial charge on any atom is -0.477 e. The van der Waals surface area contributed by atoms with E-state index >= 15 is 0 Å². The number of dihydropyridines is 1. The van der Waals surface area contributed by atoms with E-state index in [2.05, 4.69) is 5.32 Å². The first-order valence-electron chi connectivity index (χ1n) is 4.12. The summed E-state index contributed by atoms with van der Waals surface area (Å²) in [4.78, 5) is 21.6. The summed E-state index contributed by atoms with van der Waals surface area (Å²) in [6.45, 7) is 3.42. The van der Waals surface area contributed by atoms with E-state index in [-0.39, 0.29) is 11.4 Å². The number of carbonyl (C=O) groups is 2. The van der Waals surface area contributed by atoms with E-state index in [4.69, 9.17) is 10.2 Å². The SMILES string of the molecule is CC1=C(C(=O)O)NC(C(=O)O)=CC1(C)I. The van der Waals surface area contributed by atoms with Crippen LogP contribution in [-0.2, 0) is 9.59 Å². The van der Waals surface area contributed by atoms with Crippen molar-refractivity contribution in [3.63, 3.8) is 0 Å². The van der Waals surface area contributed by atoms with Crippen LogP contribution in [0.4, 0.5) is 0 Å². The second-order valence-corrected chi connectivity index (χ2v) is 5.61. The Labute approximate surface area is 100.0 Å². The van der Waals surface area contributed by atoms with Gasteiger partial charge in [0.1, 0.15) is 11.4 Å². The number of hydrogen-bond acceptors (Lipinski definition) is 3. The lowest BCUT2D eigenvalue weighted by Crippen LogP contribution is -2.35. The fraction of sp³-hybridized carbons (Fsp3) is 0.333. The molecule has 1 atom stereocenters. The molecule has 0 saturated heterocycles. The summed E-state index contributed by atoms with van der Waals surface area (Å²) in [6, 6.07) is 0. The molecular weight excluding hydrogens is 313 g/mol. The fourth-order valence-electron chi connectivity index (χ4n) is 1.22. The van der Waals surface area contributed by atoms with Crippen molar-refractivity contribution in [3.8, 4) is 0 Å². The van der Waals surface area contributed by atoms with E-state index < -0.39 is 15.4 Å². The van der Waals surface area contributed by atoms with E-state index in [1.165, 1.54) is 6.08 Å². The normalized spacial score (nSPS) is 25.7. The molecule has 3 N–H and O–H groups in total. The quantitative estimate of drug-likeness (QED) is 0.523. The summed E-state index contributed by atoms with van der Waals surface area (Å²) in [5.41, 5.74) is 0.433. The van der Waals surface area contributed by atoms with Crippen LogP contribution >= 0.6 is 22.6 Å². The molecule has 1 rings (SSSR count). The van der Waals surface area contributed by atoms with Gasteiger partial charge in [-0.1, -0.05) is 22.6 Å². The third-order valence-corrected chi connectivity index (χ3v) is 3.35. The minimum absolute atomic E-state index is 0.0631. The van der Waals surface area contributed by atoms with Crippen LogP contribution < -0.4 is 5.32 Å². The largest absolute Gasteiger partial charge is 0.477 e. The molecule has 1 aliphatic rings. The maximum absolute atomic E-state index is 10.9. The lowest BCUT2D eigenvalue weighted by atomic mass is 9.95. The molecule has 0 aromatic rings. The van der Waals surface area contributed by atoms with Crippen molar-refractivity contribution in [2.24, 2.45) is 0 Å². The highest BCUT2D eigenvalue weighted by Gasteiger charge is 2.32. The van der Waals surface area contributed by atoms with Crippen LogP contribution in [0.15, 0.2) is 23.0 Å². The number of nitrogens with one attached hydrogen (secondary N) is 1. The van der Waals surface area contributed by atoms with Crippen molar-refractivity contribution >= 4 is 34.5 Å². The maximum Gasteiger partial charge on any atom is 0.352 e. The molecule has 6 heteroatoms. The van der Waals surface area contributed by atoms with Crippen LogP contribution in [0.25, 0.3) is 0 Å². The molecule has 0 bridgehead atoms. The Hall–Kier alpha value is -1.05. The van der Waals surface area contributed by atoms with E-state index in [0.29, 0.717) is 5.57 Å². The lowest BCUT2D eigenvalue weighted by molar-refractivity contribution is -0.133. The average molecular weight is 323 g/mol. The molecular formula is C9H10INO4. The van der Waals surface area contributed by atoms with Crippen LogP contribution in [0.2, 0.25) is 0 Å². The van der Waals surface area contributed by atoms with Gasteiger partial charge in [-0.05, 0) is 25.5 Å². The zero-order valence-corrected chi connectivity index (χ0v) is 10.3. The van der Waals surface area contributed by atoms with Crippen molar-refractivity contribution in [2.45, 2.75) is 17.3 Å². The van der Waals surface area contributed by atoms with Gasteiger partial charge in [-0.2, -0.15) is 0 Å². The minimum atomic E-state index is -1.16. The first-order chi connectivity index (χ1) is 6.75. The van der Waals surface area contributed by atoms with Crippen molar-refractivity contribution < 1.29 is 19.8 Å². The monoisotopic (exact) mass is 323 g/mol. The van der Waals surface area contributed by atoms with E-state index in [1.54, 1.807) is 13.8 Å². The van der Waals surface area contributed by atoms with Crippen LogP contribution in [0.3, 0.4) is 0 Å². The number of carboxylic acid groups (broad SMARTS) is 2. The summed E-state index contributed by atoms with van der Waals surface area (Å²) >= 11 is 2.01. The van der Waals surface area contributed by atoms with E-state index in [9.17, 15) is 9.59 Å². The fourth-order valence-corrected chi connectivity index (χ4v) is 1.80. The number of halogens is 1. The average Bonchev–Trinajstić information content (AvgIpc) is 2.08. The number of allylic oxidation sites excluding steroid dienone is 2. The predicted molar refractivity (Wildman–Crippen MR) is 61.6 cm³/mol. The van der Waals surface area contributed by atoms with Crippen molar-refractivity contribution in [2.75, 3.05) is 0 Å². The van der Waals surface area contributed by atoms with Crippen LogP contribution in [-0.4, -0.2) is 25.6 Å². The Kier molecular flexibility index (Phi) is 3.08. The van der Waals surface area contributed by atoms with Gasteiger partial charge < -0.3 is 15.5 Å². The Balaban J connectivity index is 3.22. The topological polar surface area (TPSA) is 86.6 Å². The van der Waals surface area contributed by atoms with Gasteiger partial charge >= 0.3 is 11.9 Å². The lowest BCUT2D eigenvalue weighted by Gasteiger charge is -2.28. The molecule has 1 aliphatic heterocycles. The Morgan fingerprint density at radius 3 is 2.33 bits per heavy atom. The Morgan fingerprint density at radius 2 is 1.93 bits per heavy atom. The van der Waals surface area contributed by atoms with Crippen molar-refractivity contribution in [1.29, 1.82) is 0 Å². The summed E-state index contributed by atoms with van der Waals surface area (Å²) in [6.07, 6.45) is 1.50. The maximum atomic E-state index is 10.9. The molecule has 0 fully saturated rings. The highest BCUT2D eigenvalue weighted by atomic mass is 127. The molecule has 82 valence electrons. The molecule has 0 aromatic carbocycles. The van der Waals surface area contributed by atoms with Gasteiger partial charge in [0.05, 0.1) is 3.42 Å². The smallest absolute Gasteiger partial charge is 0.352 e. The van der Waals surface area contributed by atoms with Gasteiger partial charge in [0, 0.05) is 0 Å². The second-order valence-electron chi connectivity index (χ2n) is 3.37. The number of carboxylic acids is 2. The molecule has 5 nitrogen and oxygen atoms in total. The molecule has 0 aliphatic carbocycles. The predicted octanol–water partition coefficient (Wildman–Crippen LogP) is 1.11. The van der Waals surface area contributed by atoms with E-state index in [0.717, 1.165) is 0 Å². The molecule has 15 heavy (non-hydrogen) atoms. The van der Waals surface area contributed by atoms with Crippen LogP contribution in [0.1, 0.15) is 13.8 Å². The van der Waals surface area contributed by atoms with Crippen molar-refractivity contribution in [3.05, 3.63) is 23.0 Å². The van der Waals surface area contributed by atoms with Gasteiger partial charge in [-0.15, -0.1) is 0 Å². The zero-order valence-electron chi connectivity index (χ0n) is 8.17. The number of aliphatic carboxylic acids is 2. The highest BCUT2D eigenvalue weighted by molar-refractivity contribution is 14.1. The van der Waals surface area contributed by atoms with Gasteiger partial charge in [-0.3, -0.25) is 0 Å². The standard InChI is InChI=1S/C9H10INO4/c1-4-6(8(14)15)11-5(7(12)13)3-9(4,2)10/h3,11H,1-2H3,(H,12,13)(H,14,15). The summed E-state index contributed by atoms with van der Waals surface area (Å²) in [5, 5.41) is 20.1. The molecule has 1 unspecified atom stereocenters. The number of hydrogen-bond donors (Lipinski definition) is 3. The third-order valence-electron chi connectivity index (χ3n) is 2.23. The summed E-state index contributed by atoms with van der Waals surface area (Å²) in [5.74, 6) is -2.31. The van der Waals surface area contributed by atoms with Gasteiger partial charge in [0.15, 0.2) is 0 Å². The Bertz CT molecular complexity index is 395. The van der Waals surface area contributed by atoms with Gasteiger partial charge in [0.25, 0.3) is 0 Å². The summed E-state index contributed by atoms with van der Waals surface area (Å²) < 4.78 is -0.593. The molecule has 0 spiro atoms. The number of rotatable bonds is 2. The van der Waals surface area contributed by atoms with Gasteiger partial charge in [0.2, 0.25) is 0 Å². The molecule has 0 radical (unpaired) electrons. The third kappa shape index (κ3) is 2.31. The highest BCUT2D eigenvalue weighted by Crippen LogP contribution is 2.34. The van der Waals surface area contributed by atoms with Crippen molar-refractivity contribution in [1.82, 2.24) is 5.32 Å². The van der Waals surface area contributed by atoms with Gasteiger partial charge in [-0.25, -0.2) is 9.59 Å². The summed E-state index contributed by atoms with van der Waals surface area (Å²) in [7, 11) is 0. The van der Waals surface area contributed by atoms with Crippen LogP contribution in [0, 0.1) is 0 Å². The first kappa shape index (κ1) is 12.0. The first-order valence-corrected chi connectivity index (χ1v) is 5.20. The molecule has 0 amide bonds. The number of alkyl halides is 1. The molecule has 0 aromatic heterocycles. The molecule has 0 saturated carbocycles.